The van der Waals surface area contributed by atoms with Gasteiger partial charge in [0.15, 0.2) is 0 Å². The van der Waals surface area contributed by atoms with Crippen molar-refractivity contribution in [1.29, 1.82) is 0 Å². The minimum Gasteiger partial charge on any atom is -0.372 e. The number of hydrogen-bond donors (Lipinski definition) is 1. The van der Waals surface area contributed by atoms with Crippen LogP contribution in [-0.2, 0) is 15.7 Å². The molecule has 0 aliphatic rings. The summed E-state index contributed by atoms with van der Waals surface area (Å²) < 4.78 is 42.6. The van der Waals surface area contributed by atoms with Crippen molar-refractivity contribution in [1.82, 2.24) is 5.32 Å². The zero-order chi connectivity index (χ0) is 14.5. The molecule has 0 heterocycles. The van der Waals surface area contributed by atoms with E-state index in [0.29, 0.717) is 12.2 Å². The van der Waals surface area contributed by atoms with Gasteiger partial charge < -0.3 is 10.1 Å². The minimum atomic E-state index is -4.38. The number of rotatable bonds is 5. The lowest BCUT2D eigenvalue weighted by molar-refractivity contribution is -0.137. The molecule has 1 N–H and O–H groups in total. The van der Waals surface area contributed by atoms with E-state index in [1.54, 1.807) is 19.9 Å². The Balaban J connectivity index is 2.72. The summed E-state index contributed by atoms with van der Waals surface area (Å²) in [5.74, 6) is -0.355. The molecule has 1 aromatic carbocycles. The van der Waals surface area contributed by atoms with E-state index in [2.05, 4.69) is 5.32 Å². The normalized spacial score (nSPS) is 13.1. The number of hydrogen-bond acceptors (Lipinski definition) is 2. The SMILES string of the molecule is CCOCC(=O)NC(C)c1cccc(C(F)(F)F)c1. The molecule has 1 unspecified atom stereocenters. The smallest absolute Gasteiger partial charge is 0.372 e. The molecular weight excluding hydrogens is 259 g/mol. The number of amides is 1. The average molecular weight is 275 g/mol. The molecule has 0 saturated heterocycles. The number of carbonyl (C=O) groups excluding carboxylic acids is 1. The van der Waals surface area contributed by atoms with Crippen LogP contribution in [-0.4, -0.2) is 19.1 Å². The number of halogens is 3. The molecule has 19 heavy (non-hydrogen) atoms. The van der Waals surface area contributed by atoms with E-state index in [-0.39, 0.29) is 12.5 Å². The molecule has 0 bridgehead atoms. The summed E-state index contributed by atoms with van der Waals surface area (Å²) in [6.07, 6.45) is -4.38. The Kier molecular flexibility index (Phi) is 5.35. The molecule has 0 aromatic heterocycles. The lowest BCUT2D eigenvalue weighted by Crippen LogP contribution is -2.30. The summed E-state index contributed by atoms with van der Waals surface area (Å²) in [5, 5.41) is 2.58. The zero-order valence-electron chi connectivity index (χ0n) is 10.8. The maximum Gasteiger partial charge on any atom is 0.416 e. The summed E-state index contributed by atoms with van der Waals surface area (Å²) in [5.41, 5.74) is -0.324. The van der Waals surface area contributed by atoms with Gasteiger partial charge in [-0.15, -0.1) is 0 Å². The molecule has 6 heteroatoms. The molecule has 0 saturated carbocycles. The Morgan fingerprint density at radius 3 is 2.68 bits per heavy atom. The van der Waals surface area contributed by atoms with Crippen molar-refractivity contribution in [3.63, 3.8) is 0 Å². The van der Waals surface area contributed by atoms with Gasteiger partial charge in [-0.1, -0.05) is 12.1 Å². The topological polar surface area (TPSA) is 38.3 Å². The van der Waals surface area contributed by atoms with Crippen LogP contribution < -0.4 is 5.32 Å². The molecule has 1 amide bonds. The zero-order valence-corrected chi connectivity index (χ0v) is 10.8. The fourth-order valence-corrected chi connectivity index (χ4v) is 1.55. The Bertz CT molecular complexity index is 432. The quantitative estimate of drug-likeness (QED) is 0.897. The lowest BCUT2D eigenvalue weighted by atomic mass is 10.0. The van der Waals surface area contributed by atoms with Crippen LogP contribution in [0.4, 0.5) is 13.2 Å². The number of carbonyl (C=O) groups is 1. The summed E-state index contributed by atoms with van der Waals surface area (Å²) in [4.78, 5) is 11.4. The van der Waals surface area contributed by atoms with Crippen molar-refractivity contribution in [3.8, 4) is 0 Å². The molecule has 0 aliphatic heterocycles. The highest BCUT2D eigenvalue weighted by Gasteiger charge is 2.30. The van der Waals surface area contributed by atoms with Gasteiger partial charge in [0, 0.05) is 6.61 Å². The van der Waals surface area contributed by atoms with Crippen LogP contribution >= 0.6 is 0 Å². The number of benzene rings is 1. The van der Waals surface area contributed by atoms with Crippen molar-refractivity contribution < 1.29 is 22.7 Å². The van der Waals surface area contributed by atoms with Crippen LogP contribution in [0.5, 0.6) is 0 Å². The van der Waals surface area contributed by atoms with E-state index < -0.39 is 17.8 Å². The van der Waals surface area contributed by atoms with E-state index in [1.165, 1.54) is 6.07 Å². The monoisotopic (exact) mass is 275 g/mol. The molecular formula is C13H16F3NO2. The highest BCUT2D eigenvalue weighted by molar-refractivity contribution is 5.77. The summed E-state index contributed by atoms with van der Waals surface area (Å²) in [6.45, 7) is 3.69. The predicted octanol–water partition coefficient (Wildman–Crippen LogP) is 2.92. The van der Waals surface area contributed by atoms with Crippen LogP contribution in [0.3, 0.4) is 0 Å². The van der Waals surface area contributed by atoms with E-state index in [0.717, 1.165) is 12.1 Å². The predicted molar refractivity (Wildman–Crippen MR) is 64.5 cm³/mol. The summed E-state index contributed by atoms with van der Waals surface area (Å²) in [6, 6.07) is 4.39. The van der Waals surface area contributed by atoms with Gasteiger partial charge in [0.2, 0.25) is 5.91 Å². The first-order valence-corrected chi connectivity index (χ1v) is 5.89. The molecule has 106 valence electrons. The van der Waals surface area contributed by atoms with Crippen LogP contribution in [0, 0.1) is 0 Å². The van der Waals surface area contributed by atoms with Gasteiger partial charge in [0.05, 0.1) is 11.6 Å². The van der Waals surface area contributed by atoms with Crippen LogP contribution in [0.15, 0.2) is 24.3 Å². The van der Waals surface area contributed by atoms with Gasteiger partial charge in [-0.05, 0) is 31.5 Å². The fraction of sp³-hybridized carbons (Fsp3) is 0.462. The maximum absolute atomic E-state index is 12.6. The van der Waals surface area contributed by atoms with Gasteiger partial charge in [0.25, 0.3) is 0 Å². The summed E-state index contributed by atoms with van der Waals surface area (Å²) in [7, 11) is 0. The first-order valence-electron chi connectivity index (χ1n) is 5.89. The van der Waals surface area contributed by atoms with Gasteiger partial charge >= 0.3 is 6.18 Å². The Labute approximate surface area is 109 Å². The van der Waals surface area contributed by atoms with Crippen LogP contribution in [0.1, 0.15) is 31.0 Å². The second kappa shape index (κ2) is 6.56. The first-order chi connectivity index (χ1) is 8.84. The van der Waals surface area contributed by atoms with E-state index in [4.69, 9.17) is 4.74 Å². The molecule has 0 fully saturated rings. The van der Waals surface area contributed by atoms with E-state index in [1.807, 2.05) is 0 Å². The fourth-order valence-electron chi connectivity index (χ4n) is 1.55. The minimum absolute atomic E-state index is 0.0974. The van der Waals surface area contributed by atoms with Crippen molar-refractivity contribution in [2.45, 2.75) is 26.1 Å². The standard InChI is InChI=1S/C13H16F3NO2/c1-3-19-8-12(18)17-9(2)10-5-4-6-11(7-10)13(14,15)16/h4-7,9H,3,8H2,1-2H3,(H,17,18). The largest absolute Gasteiger partial charge is 0.416 e. The van der Waals surface area contributed by atoms with Crippen molar-refractivity contribution in [3.05, 3.63) is 35.4 Å². The van der Waals surface area contributed by atoms with Crippen LogP contribution in [0.25, 0.3) is 0 Å². The van der Waals surface area contributed by atoms with Gasteiger partial charge in [-0.2, -0.15) is 13.2 Å². The average Bonchev–Trinajstić information content (AvgIpc) is 2.35. The lowest BCUT2D eigenvalue weighted by Gasteiger charge is -2.16. The second-order valence-corrected chi connectivity index (χ2v) is 4.05. The van der Waals surface area contributed by atoms with E-state index >= 15 is 0 Å². The summed E-state index contributed by atoms with van der Waals surface area (Å²) >= 11 is 0. The first kappa shape index (κ1) is 15.5. The van der Waals surface area contributed by atoms with Crippen molar-refractivity contribution >= 4 is 5.91 Å². The van der Waals surface area contributed by atoms with Crippen LogP contribution in [0.2, 0.25) is 0 Å². The molecule has 0 radical (unpaired) electrons. The maximum atomic E-state index is 12.6. The van der Waals surface area contributed by atoms with E-state index in [9.17, 15) is 18.0 Å². The van der Waals surface area contributed by atoms with Gasteiger partial charge in [-0.25, -0.2) is 0 Å². The highest BCUT2D eigenvalue weighted by Crippen LogP contribution is 2.30. The Morgan fingerprint density at radius 1 is 1.42 bits per heavy atom. The number of ether oxygens (including phenoxy) is 1. The third-order valence-electron chi connectivity index (χ3n) is 2.53. The third-order valence-corrected chi connectivity index (χ3v) is 2.53. The third kappa shape index (κ3) is 4.90. The van der Waals surface area contributed by atoms with Gasteiger partial charge in [-0.3, -0.25) is 4.79 Å². The molecule has 1 aromatic rings. The molecule has 1 atom stereocenters. The molecule has 3 nitrogen and oxygen atoms in total. The van der Waals surface area contributed by atoms with Gasteiger partial charge in [0.1, 0.15) is 6.61 Å². The van der Waals surface area contributed by atoms with Crippen molar-refractivity contribution in [2.75, 3.05) is 13.2 Å². The molecule has 0 spiro atoms. The molecule has 0 aliphatic carbocycles. The highest BCUT2D eigenvalue weighted by atomic mass is 19.4. The van der Waals surface area contributed by atoms with Crippen molar-refractivity contribution in [2.24, 2.45) is 0 Å². The Hall–Kier alpha value is -1.56. The number of nitrogens with one attached hydrogen (secondary N) is 1. The number of alkyl halides is 3. The molecule has 1 rings (SSSR count). The second-order valence-electron chi connectivity index (χ2n) is 4.05. The Morgan fingerprint density at radius 2 is 2.11 bits per heavy atom.